The highest BCUT2D eigenvalue weighted by Crippen LogP contribution is 2.41. The molecule has 0 saturated heterocycles. The molecule has 1 unspecified atom stereocenters. The molecule has 1 aliphatic heterocycles. The number of phenols is 1. The molecule has 1 aromatic rings. The fourth-order valence-electron chi connectivity index (χ4n) is 2.56. The molecular weight excluding hydrogens is 256 g/mol. The smallest absolute Gasteiger partial charge is 0.126 e. The van der Waals surface area contributed by atoms with Crippen LogP contribution in [-0.2, 0) is 17.3 Å². The van der Waals surface area contributed by atoms with E-state index in [1.54, 1.807) is 0 Å². The van der Waals surface area contributed by atoms with Crippen LogP contribution in [0.4, 0.5) is 0 Å². The number of hydrogen-bond donors (Lipinski definition) is 1. The quantitative estimate of drug-likeness (QED) is 0.861. The lowest BCUT2D eigenvalue weighted by molar-refractivity contribution is 0.0611. The zero-order valence-corrected chi connectivity index (χ0v) is 13.5. The lowest BCUT2D eigenvalue weighted by atomic mass is 9.88. The fraction of sp³-hybridized carbons (Fsp3) is 0.625. The Labute approximate surface area is 119 Å². The van der Waals surface area contributed by atoms with Crippen LogP contribution in [0.5, 0.6) is 11.5 Å². The molecule has 1 atom stereocenters. The molecule has 106 valence electrons. The Kier molecular flexibility index (Phi) is 4.05. The second-order valence-corrected chi connectivity index (χ2v) is 8.51. The molecule has 0 amide bonds. The number of hydrogen-bond acceptors (Lipinski definition) is 2. The van der Waals surface area contributed by atoms with Gasteiger partial charge in [-0.15, -0.1) is 0 Å². The molecule has 3 heteroatoms. The van der Waals surface area contributed by atoms with Crippen molar-refractivity contribution in [3.05, 3.63) is 22.8 Å². The van der Waals surface area contributed by atoms with Gasteiger partial charge >= 0.3 is 0 Å². The number of benzene rings is 1. The molecular formula is C16H25O2S+. The first kappa shape index (κ1) is 14.6. The van der Waals surface area contributed by atoms with Crippen LogP contribution in [0.15, 0.2) is 6.07 Å². The molecule has 0 bridgehead atoms. The molecule has 0 spiro atoms. The zero-order chi connectivity index (χ0) is 14.2. The Balaban J connectivity index is 2.26. The van der Waals surface area contributed by atoms with E-state index in [2.05, 4.69) is 19.4 Å². The van der Waals surface area contributed by atoms with E-state index in [0.717, 1.165) is 41.7 Å². The van der Waals surface area contributed by atoms with Crippen LogP contribution in [-0.4, -0.2) is 29.0 Å². The monoisotopic (exact) mass is 281 g/mol. The van der Waals surface area contributed by atoms with Crippen LogP contribution < -0.4 is 4.74 Å². The molecule has 0 fully saturated rings. The lowest BCUT2D eigenvalue weighted by Gasteiger charge is -2.36. The van der Waals surface area contributed by atoms with Crippen LogP contribution >= 0.6 is 0 Å². The molecule has 0 radical (unpaired) electrons. The van der Waals surface area contributed by atoms with Gasteiger partial charge in [0.15, 0.2) is 0 Å². The van der Waals surface area contributed by atoms with Crippen LogP contribution in [0.25, 0.3) is 0 Å². The Hall–Kier alpha value is -0.830. The van der Waals surface area contributed by atoms with E-state index in [0.29, 0.717) is 16.6 Å². The van der Waals surface area contributed by atoms with Crippen molar-refractivity contribution in [2.75, 3.05) is 18.3 Å². The Bertz CT molecular complexity index is 482. The number of rotatable bonds is 3. The highest BCUT2D eigenvalue weighted by Gasteiger charge is 2.34. The van der Waals surface area contributed by atoms with Crippen LogP contribution in [0, 0.1) is 13.8 Å². The van der Waals surface area contributed by atoms with Crippen molar-refractivity contribution in [3.8, 4) is 11.5 Å². The largest absolute Gasteiger partial charge is 0.508 e. The second kappa shape index (κ2) is 5.28. The number of aryl methyl sites for hydroxylation is 1. The van der Waals surface area contributed by atoms with Crippen molar-refractivity contribution in [2.45, 2.75) is 45.6 Å². The lowest BCUT2D eigenvalue weighted by Crippen LogP contribution is -2.38. The van der Waals surface area contributed by atoms with Gasteiger partial charge in [-0.25, -0.2) is 0 Å². The molecule has 0 saturated carbocycles. The maximum atomic E-state index is 9.91. The molecule has 1 aliphatic rings. The van der Waals surface area contributed by atoms with E-state index in [-0.39, 0.29) is 5.60 Å². The van der Waals surface area contributed by atoms with Gasteiger partial charge < -0.3 is 9.84 Å². The summed E-state index contributed by atoms with van der Waals surface area (Å²) in [6, 6.07) is 1.88. The van der Waals surface area contributed by atoms with Gasteiger partial charge in [0.25, 0.3) is 0 Å². The number of fused-ring (bicyclic) bond motifs is 1. The van der Waals surface area contributed by atoms with E-state index in [4.69, 9.17) is 4.74 Å². The third-order valence-corrected chi connectivity index (χ3v) is 5.22. The topological polar surface area (TPSA) is 29.5 Å². The van der Waals surface area contributed by atoms with Gasteiger partial charge in [-0.05, 0) is 67.3 Å². The summed E-state index contributed by atoms with van der Waals surface area (Å²) in [6.45, 7) is 6.23. The minimum Gasteiger partial charge on any atom is -0.508 e. The molecule has 1 N–H and O–H groups in total. The molecule has 1 aromatic carbocycles. The van der Waals surface area contributed by atoms with E-state index < -0.39 is 0 Å². The summed E-state index contributed by atoms with van der Waals surface area (Å²) in [5, 5.41) is 9.91. The average Bonchev–Trinajstić information content (AvgIpc) is 2.35. The van der Waals surface area contributed by atoms with Gasteiger partial charge in [0.05, 0.1) is 12.5 Å². The normalized spacial score (nSPS) is 22.2. The zero-order valence-electron chi connectivity index (χ0n) is 12.7. The Morgan fingerprint density at radius 3 is 2.63 bits per heavy atom. The number of phenolic OH excluding ortho intramolecular Hbond substituents is 1. The Morgan fingerprint density at radius 2 is 2.00 bits per heavy atom. The first-order valence-electron chi connectivity index (χ1n) is 6.88. The number of aromatic hydroxyl groups is 1. The molecule has 2 rings (SSSR count). The van der Waals surface area contributed by atoms with E-state index in [1.165, 1.54) is 5.75 Å². The standard InChI is InChI=1S/C16H24O2S/c1-11-12(2)15-13(10-14(11)17)6-7-16(3,18-15)8-9-19(4)5/h10H,6-9H2,1-5H3/p+1. The molecule has 19 heavy (non-hydrogen) atoms. The molecule has 1 heterocycles. The average molecular weight is 281 g/mol. The summed E-state index contributed by atoms with van der Waals surface area (Å²) in [6.07, 6.45) is 7.73. The summed E-state index contributed by atoms with van der Waals surface area (Å²) in [5.74, 6) is 2.63. The second-order valence-electron chi connectivity index (χ2n) is 6.13. The highest BCUT2D eigenvalue weighted by molar-refractivity contribution is 7.95. The maximum Gasteiger partial charge on any atom is 0.126 e. The minimum absolute atomic E-state index is 0.0432. The summed E-state index contributed by atoms with van der Waals surface area (Å²) >= 11 is 0. The van der Waals surface area contributed by atoms with Crippen molar-refractivity contribution in [2.24, 2.45) is 0 Å². The third kappa shape index (κ3) is 3.02. The third-order valence-electron chi connectivity index (χ3n) is 4.20. The number of ether oxygens (including phenoxy) is 1. The summed E-state index contributed by atoms with van der Waals surface area (Å²) in [4.78, 5) is 0. The van der Waals surface area contributed by atoms with Crippen molar-refractivity contribution in [1.29, 1.82) is 0 Å². The van der Waals surface area contributed by atoms with Crippen LogP contribution in [0.1, 0.15) is 36.5 Å². The fourth-order valence-corrected chi connectivity index (χ4v) is 3.40. The van der Waals surface area contributed by atoms with Gasteiger partial charge in [0.1, 0.15) is 22.9 Å². The first-order chi connectivity index (χ1) is 8.82. The first-order valence-corrected chi connectivity index (χ1v) is 9.09. The SMILES string of the molecule is Cc1c(O)cc2c(c1C)OC(C)(CC[S+](C)C)CC2. The summed E-state index contributed by atoms with van der Waals surface area (Å²) < 4.78 is 6.33. The molecule has 0 aromatic heterocycles. The highest BCUT2D eigenvalue weighted by atomic mass is 32.2. The predicted octanol–water partition coefficient (Wildman–Crippen LogP) is 3.36. The van der Waals surface area contributed by atoms with Crippen molar-refractivity contribution < 1.29 is 9.84 Å². The predicted molar refractivity (Wildman–Crippen MR) is 83.6 cm³/mol. The Morgan fingerprint density at radius 1 is 1.32 bits per heavy atom. The maximum absolute atomic E-state index is 9.91. The van der Waals surface area contributed by atoms with Gasteiger partial charge in [-0.2, -0.15) is 0 Å². The molecule has 2 nitrogen and oxygen atoms in total. The van der Waals surface area contributed by atoms with Crippen molar-refractivity contribution >= 4 is 10.9 Å². The molecule has 0 aliphatic carbocycles. The van der Waals surface area contributed by atoms with E-state index >= 15 is 0 Å². The van der Waals surface area contributed by atoms with Gasteiger partial charge in [-0.3, -0.25) is 0 Å². The van der Waals surface area contributed by atoms with Gasteiger partial charge in [0, 0.05) is 6.42 Å². The van der Waals surface area contributed by atoms with Crippen molar-refractivity contribution in [3.63, 3.8) is 0 Å². The van der Waals surface area contributed by atoms with E-state index in [9.17, 15) is 5.11 Å². The van der Waals surface area contributed by atoms with Crippen LogP contribution in [0.3, 0.4) is 0 Å². The van der Waals surface area contributed by atoms with Crippen molar-refractivity contribution in [1.82, 2.24) is 0 Å². The van der Waals surface area contributed by atoms with Gasteiger partial charge in [-0.1, -0.05) is 0 Å². The summed E-state index contributed by atoms with van der Waals surface area (Å²) in [7, 11) is 0.466. The minimum atomic E-state index is -0.0432. The van der Waals surface area contributed by atoms with Gasteiger partial charge in [0.2, 0.25) is 0 Å². The van der Waals surface area contributed by atoms with Crippen LogP contribution in [0.2, 0.25) is 0 Å². The van der Waals surface area contributed by atoms with E-state index in [1.807, 2.05) is 19.9 Å². The summed E-state index contributed by atoms with van der Waals surface area (Å²) in [5.41, 5.74) is 3.14.